The predicted octanol–water partition coefficient (Wildman–Crippen LogP) is 4.82. The van der Waals surface area contributed by atoms with Crippen LogP contribution in [0.25, 0.3) is 10.6 Å². The Kier molecular flexibility index (Phi) is 6.61. The molecule has 1 N–H and O–H groups in total. The van der Waals surface area contributed by atoms with Crippen molar-refractivity contribution in [1.82, 2.24) is 10.3 Å². The summed E-state index contributed by atoms with van der Waals surface area (Å²) in [6.07, 6.45) is -3.88. The molecule has 0 fully saturated rings. The number of alkyl halides is 3. The largest absolute Gasteiger partial charge is 0.493 e. The van der Waals surface area contributed by atoms with Crippen molar-refractivity contribution < 1.29 is 27.4 Å². The van der Waals surface area contributed by atoms with Gasteiger partial charge in [0.15, 0.2) is 11.5 Å². The Morgan fingerprint density at radius 3 is 2.47 bits per heavy atom. The fourth-order valence-electron chi connectivity index (χ4n) is 2.82. The van der Waals surface area contributed by atoms with E-state index in [-0.39, 0.29) is 5.91 Å². The molecule has 0 spiro atoms. The minimum absolute atomic E-state index is 0.302. The Bertz CT molecular complexity index is 1020. The van der Waals surface area contributed by atoms with E-state index in [1.54, 1.807) is 18.2 Å². The summed E-state index contributed by atoms with van der Waals surface area (Å²) >= 11 is 1.34. The Balaban J connectivity index is 1.61. The number of para-hydroxylation sites is 1. The van der Waals surface area contributed by atoms with E-state index in [1.165, 1.54) is 37.7 Å². The molecule has 0 radical (unpaired) electrons. The van der Waals surface area contributed by atoms with Gasteiger partial charge >= 0.3 is 6.18 Å². The number of benzene rings is 2. The van der Waals surface area contributed by atoms with Crippen LogP contribution in [0.2, 0.25) is 0 Å². The molecule has 0 aliphatic rings. The molecule has 5 nitrogen and oxygen atoms in total. The summed E-state index contributed by atoms with van der Waals surface area (Å²) in [5.74, 6) is 0.519. The van der Waals surface area contributed by atoms with Crippen LogP contribution in [0.15, 0.2) is 47.8 Å². The zero-order valence-corrected chi connectivity index (χ0v) is 17.1. The number of thiazole rings is 1. The second-order valence-corrected chi connectivity index (χ2v) is 7.12. The molecule has 0 unspecified atom stereocenters. The molecule has 0 aliphatic carbocycles. The number of methoxy groups -OCH3 is 2. The first kappa shape index (κ1) is 21.6. The van der Waals surface area contributed by atoms with E-state index in [1.807, 2.05) is 5.38 Å². The Morgan fingerprint density at radius 2 is 1.83 bits per heavy atom. The van der Waals surface area contributed by atoms with Crippen molar-refractivity contribution in [3.63, 3.8) is 0 Å². The minimum atomic E-state index is -4.36. The standard InChI is InChI=1S/C21H19F3N2O3S/c1-28-17-5-3-4-16(18(17)29-2)19(27)25-11-10-15-12-30-20(26-15)13-6-8-14(9-7-13)21(22,23)24/h3-9,12H,10-11H2,1-2H3,(H,25,27). The van der Waals surface area contributed by atoms with Crippen LogP contribution in [0.1, 0.15) is 21.6 Å². The number of rotatable bonds is 7. The first-order valence-corrected chi connectivity index (χ1v) is 9.82. The van der Waals surface area contributed by atoms with Gasteiger partial charge in [-0.25, -0.2) is 4.98 Å². The molecule has 1 heterocycles. The van der Waals surface area contributed by atoms with Crippen molar-refractivity contribution in [2.45, 2.75) is 12.6 Å². The molecule has 0 saturated heterocycles. The lowest BCUT2D eigenvalue weighted by atomic mass is 10.1. The maximum Gasteiger partial charge on any atom is 0.416 e. The number of aromatic nitrogens is 1. The highest BCUT2D eigenvalue weighted by molar-refractivity contribution is 7.13. The number of hydrogen-bond acceptors (Lipinski definition) is 5. The average Bonchev–Trinajstić information content (AvgIpc) is 3.21. The van der Waals surface area contributed by atoms with Gasteiger partial charge in [-0.1, -0.05) is 18.2 Å². The van der Waals surface area contributed by atoms with Crippen LogP contribution in [-0.2, 0) is 12.6 Å². The molecule has 9 heteroatoms. The highest BCUT2D eigenvalue weighted by atomic mass is 32.1. The molecule has 1 aromatic heterocycles. The maximum atomic E-state index is 12.7. The predicted molar refractivity (Wildman–Crippen MR) is 108 cm³/mol. The Labute approximate surface area is 175 Å². The van der Waals surface area contributed by atoms with Crippen molar-refractivity contribution in [2.75, 3.05) is 20.8 Å². The molecule has 0 bridgehead atoms. The van der Waals surface area contributed by atoms with Gasteiger partial charge in [0.1, 0.15) is 5.01 Å². The number of amides is 1. The van der Waals surface area contributed by atoms with Gasteiger partial charge in [0.2, 0.25) is 0 Å². The Hall–Kier alpha value is -3.07. The number of nitrogens with zero attached hydrogens (tertiary/aromatic N) is 1. The number of halogens is 3. The van der Waals surface area contributed by atoms with Gasteiger partial charge in [-0.05, 0) is 24.3 Å². The number of nitrogens with one attached hydrogen (secondary N) is 1. The molecular weight excluding hydrogens is 417 g/mol. The van der Waals surface area contributed by atoms with Crippen LogP contribution in [0.5, 0.6) is 11.5 Å². The van der Waals surface area contributed by atoms with E-state index < -0.39 is 11.7 Å². The lowest BCUT2D eigenvalue weighted by Gasteiger charge is -2.12. The molecule has 1 amide bonds. The first-order valence-electron chi connectivity index (χ1n) is 8.94. The van der Waals surface area contributed by atoms with Crippen molar-refractivity contribution in [3.05, 3.63) is 64.7 Å². The number of carbonyl (C=O) groups excluding carboxylic acids is 1. The van der Waals surface area contributed by atoms with Crippen molar-refractivity contribution in [3.8, 4) is 22.1 Å². The lowest BCUT2D eigenvalue weighted by Crippen LogP contribution is -2.26. The SMILES string of the molecule is COc1cccc(C(=O)NCCc2csc(-c3ccc(C(F)(F)F)cc3)n2)c1OC. The molecular formula is C21H19F3N2O3S. The van der Waals surface area contributed by atoms with Gasteiger partial charge in [-0.15, -0.1) is 11.3 Å². The van der Waals surface area contributed by atoms with Gasteiger partial charge in [-0.2, -0.15) is 13.2 Å². The van der Waals surface area contributed by atoms with Crippen LogP contribution in [0, 0.1) is 0 Å². The van der Waals surface area contributed by atoms with Crippen molar-refractivity contribution >= 4 is 17.2 Å². The van der Waals surface area contributed by atoms with Crippen LogP contribution in [-0.4, -0.2) is 31.7 Å². The van der Waals surface area contributed by atoms with Gasteiger partial charge < -0.3 is 14.8 Å². The topological polar surface area (TPSA) is 60.5 Å². The van der Waals surface area contributed by atoms with E-state index >= 15 is 0 Å². The third kappa shape index (κ3) is 4.91. The van der Waals surface area contributed by atoms with Gasteiger partial charge in [0, 0.05) is 23.9 Å². The number of ether oxygens (including phenoxy) is 2. The third-order valence-corrected chi connectivity index (χ3v) is 5.27. The molecule has 3 rings (SSSR count). The summed E-state index contributed by atoms with van der Waals surface area (Å²) in [5, 5.41) is 5.26. The second kappa shape index (κ2) is 9.17. The molecule has 3 aromatic rings. The Morgan fingerprint density at radius 1 is 1.10 bits per heavy atom. The van der Waals surface area contributed by atoms with E-state index in [0.717, 1.165) is 17.8 Å². The fourth-order valence-corrected chi connectivity index (χ4v) is 3.68. The van der Waals surface area contributed by atoms with E-state index in [9.17, 15) is 18.0 Å². The zero-order chi connectivity index (χ0) is 21.7. The molecule has 30 heavy (non-hydrogen) atoms. The molecule has 0 saturated carbocycles. The van der Waals surface area contributed by atoms with Crippen LogP contribution in [0.3, 0.4) is 0 Å². The maximum absolute atomic E-state index is 12.7. The quantitative estimate of drug-likeness (QED) is 0.577. The van der Waals surface area contributed by atoms with Crippen LogP contribution >= 0.6 is 11.3 Å². The fraction of sp³-hybridized carbons (Fsp3) is 0.238. The summed E-state index contributed by atoms with van der Waals surface area (Å²) in [5.41, 5.74) is 1.02. The first-order chi connectivity index (χ1) is 14.3. The van der Waals surface area contributed by atoms with Crippen molar-refractivity contribution in [1.29, 1.82) is 0 Å². The summed E-state index contributed by atoms with van der Waals surface area (Å²) in [6, 6.07) is 9.93. The van der Waals surface area contributed by atoms with Crippen LogP contribution in [0.4, 0.5) is 13.2 Å². The highest BCUT2D eigenvalue weighted by Crippen LogP contribution is 2.32. The van der Waals surface area contributed by atoms with E-state index in [2.05, 4.69) is 10.3 Å². The summed E-state index contributed by atoms with van der Waals surface area (Å²) < 4.78 is 48.5. The lowest BCUT2D eigenvalue weighted by molar-refractivity contribution is -0.137. The summed E-state index contributed by atoms with van der Waals surface area (Å²) in [6.45, 7) is 0.343. The van der Waals surface area contributed by atoms with E-state index in [0.29, 0.717) is 40.6 Å². The van der Waals surface area contributed by atoms with E-state index in [4.69, 9.17) is 9.47 Å². The monoisotopic (exact) mass is 436 g/mol. The molecule has 0 aliphatic heterocycles. The third-order valence-electron chi connectivity index (χ3n) is 4.33. The number of carbonyl (C=O) groups is 1. The van der Waals surface area contributed by atoms with Crippen LogP contribution < -0.4 is 14.8 Å². The normalized spacial score (nSPS) is 11.2. The summed E-state index contributed by atoms with van der Waals surface area (Å²) in [4.78, 5) is 16.9. The highest BCUT2D eigenvalue weighted by Gasteiger charge is 2.30. The number of hydrogen-bond donors (Lipinski definition) is 1. The summed E-state index contributed by atoms with van der Waals surface area (Å²) in [7, 11) is 2.96. The molecule has 158 valence electrons. The second-order valence-electron chi connectivity index (χ2n) is 6.27. The molecule has 0 atom stereocenters. The van der Waals surface area contributed by atoms with Gasteiger partial charge in [0.05, 0.1) is 31.0 Å². The molecule has 2 aromatic carbocycles. The van der Waals surface area contributed by atoms with Gasteiger partial charge in [0.25, 0.3) is 5.91 Å². The zero-order valence-electron chi connectivity index (χ0n) is 16.2. The average molecular weight is 436 g/mol. The van der Waals surface area contributed by atoms with Gasteiger partial charge in [-0.3, -0.25) is 4.79 Å². The minimum Gasteiger partial charge on any atom is -0.493 e. The smallest absolute Gasteiger partial charge is 0.416 e. The van der Waals surface area contributed by atoms with Crippen molar-refractivity contribution in [2.24, 2.45) is 0 Å².